The van der Waals surface area contributed by atoms with E-state index in [2.05, 4.69) is 34.5 Å². The van der Waals surface area contributed by atoms with Gasteiger partial charge in [-0.05, 0) is 37.5 Å². The van der Waals surface area contributed by atoms with Gasteiger partial charge in [0.2, 0.25) is 5.91 Å². The Balaban J connectivity index is 1.37. The summed E-state index contributed by atoms with van der Waals surface area (Å²) in [4.78, 5) is 15.0. The fourth-order valence-corrected chi connectivity index (χ4v) is 3.71. The minimum atomic E-state index is -0.163. The molecule has 5 heteroatoms. The second-order valence-corrected chi connectivity index (χ2v) is 7.25. The fraction of sp³-hybridized carbons (Fsp3) is 0.409. The van der Waals surface area contributed by atoms with E-state index in [1.165, 1.54) is 5.56 Å². The first-order valence-electron chi connectivity index (χ1n) is 9.71. The Kier molecular flexibility index (Phi) is 5.30. The topological polar surface area (TPSA) is 50.8 Å². The van der Waals surface area contributed by atoms with Crippen molar-refractivity contribution in [2.24, 2.45) is 0 Å². The Hall–Kier alpha value is -2.53. The Morgan fingerprint density at radius 1 is 1.15 bits per heavy atom. The molecule has 0 aliphatic carbocycles. The van der Waals surface area contributed by atoms with Crippen molar-refractivity contribution in [3.63, 3.8) is 0 Å². The first-order valence-corrected chi connectivity index (χ1v) is 9.71. The van der Waals surface area contributed by atoms with Crippen LogP contribution in [0.4, 0.5) is 5.69 Å². The van der Waals surface area contributed by atoms with E-state index >= 15 is 0 Å². The monoisotopic (exact) mass is 366 g/mol. The van der Waals surface area contributed by atoms with Crippen molar-refractivity contribution in [2.75, 3.05) is 25.1 Å². The molecule has 1 N–H and O–H groups in total. The lowest BCUT2D eigenvalue weighted by atomic mass is 9.93. The minimum absolute atomic E-state index is 0.0160. The molecule has 0 radical (unpaired) electrons. The lowest BCUT2D eigenvalue weighted by Gasteiger charge is -2.44. The number of ether oxygens (including phenoxy) is 2. The highest BCUT2D eigenvalue weighted by atomic mass is 16.5. The first kappa shape index (κ1) is 17.9. The van der Waals surface area contributed by atoms with Gasteiger partial charge in [-0.1, -0.05) is 30.3 Å². The fourth-order valence-electron chi connectivity index (χ4n) is 3.71. The average molecular weight is 366 g/mol. The molecule has 2 heterocycles. The molecule has 0 saturated carbocycles. The van der Waals surface area contributed by atoms with E-state index in [0.717, 1.165) is 37.2 Å². The zero-order valence-electron chi connectivity index (χ0n) is 15.7. The summed E-state index contributed by atoms with van der Waals surface area (Å²) < 4.78 is 11.4. The van der Waals surface area contributed by atoms with Gasteiger partial charge in [-0.15, -0.1) is 0 Å². The molecule has 5 nitrogen and oxygen atoms in total. The molecule has 2 unspecified atom stereocenters. The number of hydrogen-bond acceptors (Lipinski definition) is 4. The summed E-state index contributed by atoms with van der Waals surface area (Å²) in [5, 5.41) is 3.03. The van der Waals surface area contributed by atoms with Gasteiger partial charge in [0, 0.05) is 30.8 Å². The maximum absolute atomic E-state index is 12.8. The van der Waals surface area contributed by atoms with Gasteiger partial charge < -0.3 is 14.8 Å². The summed E-state index contributed by atoms with van der Waals surface area (Å²) in [6.45, 7) is 4.24. The molecular weight excluding hydrogens is 340 g/mol. The van der Waals surface area contributed by atoms with E-state index in [0.29, 0.717) is 25.0 Å². The number of nitrogens with zero attached hydrogens (tertiary/aromatic N) is 1. The van der Waals surface area contributed by atoms with Crippen molar-refractivity contribution in [1.29, 1.82) is 0 Å². The molecule has 1 fully saturated rings. The number of benzene rings is 2. The molecule has 2 atom stereocenters. The van der Waals surface area contributed by atoms with E-state index in [1.54, 1.807) is 0 Å². The van der Waals surface area contributed by atoms with E-state index in [4.69, 9.17) is 9.47 Å². The summed E-state index contributed by atoms with van der Waals surface area (Å²) in [6.07, 6.45) is 2.99. The smallest absolute Gasteiger partial charge is 0.241 e. The largest absolute Gasteiger partial charge is 0.490 e. The molecule has 2 aliphatic heterocycles. The van der Waals surface area contributed by atoms with Crippen molar-refractivity contribution in [3.8, 4) is 11.5 Å². The van der Waals surface area contributed by atoms with E-state index in [-0.39, 0.29) is 11.9 Å². The van der Waals surface area contributed by atoms with Crippen LogP contribution < -0.4 is 14.8 Å². The molecular formula is C22H26N2O3. The Labute approximate surface area is 160 Å². The van der Waals surface area contributed by atoms with Gasteiger partial charge >= 0.3 is 0 Å². The standard InChI is InChI=1S/C22H26N2O3/c1-16(24-11-10-19(24)14-17-6-3-2-4-7-17)22(25)23-18-8-9-20-21(15-18)27-13-5-12-26-20/h2-4,6-9,15-16,19H,5,10-14H2,1H3,(H,23,25). The van der Waals surface area contributed by atoms with Crippen LogP contribution in [0.1, 0.15) is 25.3 Å². The van der Waals surface area contributed by atoms with Crippen molar-refractivity contribution in [1.82, 2.24) is 4.90 Å². The number of fused-ring (bicyclic) bond motifs is 1. The van der Waals surface area contributed by atoms with Crippen molar-refractivity contribution >= 4 is 11.6 Å². The molecule has 2 aliphatic rings. The van der Waals surface area contributed by atoms with Crippen LogP contribution in [0.15, 0.2) is 48.5 Å². The van der Waals surface area contributed by atoms with Crippen LogP contribution in [-0.4, -0.2) is 42.6 Å². The highest BCUT2D eigenvalue weighted by Crippen LogP contribution is 2.32. The zero-order chi connectivity index (χ0) is 18.6. The van der Waals surface area contributed by atoms with Crippen molar-refractivity contribution in [2.45, 2.75) is 38.3 Å². The van der Waals surface area contributed by atoms with E-state index < -0.39 is 0 Å². The minimum Gasteiger partial charge on any atom is -0.490 e. The molecule has 2 aromatic rings. The van der Waals surface area contributed by atoms with Gasteiger partial charge in [0.25, 0.3) is 0 Å². The molecule has 27 heavy (non-hydrogen) atoms. The maximum atomic E-state index is 12.8. The first-order chi connectivity index (χ1) is 13.2. The summed E-state index contributed by atoms with van der Waals surface area (Å²) in [5.74, 6) is 1.45. The van der Waals surface area contributed by atoms with Crippen LogP contribution in [0, 0.1) is 0 Å². The highest BCUT2D eigenvalue weighted by Gasteiger charge is 2.35. The van der Waals surface area contributed by atoms with Gasteiger partial charge in [0.05, 0.1) is 19.3 Å². The van der Waals surface area contributed by atoms with Gasteiger partial charge in [0.1, 0.15) is 0 Å². The third-order valence-electron chi connectivity index (χ3n) is 5.40. The van der Waals surface area contributed by atoms with Crippen molar-refractivity contribution < 1.29 is 14.3 Å². The number of carbonyl (C=O) groups excluding carboxylic acids is 1. The van der Waals surface area contributed by atoms with Crippen LogP contribution in [0.2, 0.25) is 0 Å². The third kappa shape index (κ3) is 4.08. The van der Waals surface area contributed by atoms with Gasteiger partial charge in [-0.3, -0.25) is 9.69 Å². The van der Waals surface area contributed by atoms with Gasteiger partial charge in [-0.2, -0.15) is 0 Å². The molecule has 4 rings (SSSR count). The average Bonchev–Trinajstić information content (AvgIpc) is 2.91. The molecule has 1 saturated heterocycles. The number of carbonyl (C=O) groups is 1. The third-order valence-corrected chi connectivity index (χ3v) is 5.40. The Morgan fingerprint density at radius 3 is 2.67 bits per heavy atom. The van der Waals surface area contributed by atoms with Gasteiger partial charge in [-0.25, -0.2) is 0 Å². The molecule has 2 aromatic carbocycles. The van der Waals surface area contributed by atoms with Gasteiger partial charge in [0.15, 0.2) is 11.5 Å². The van der Waals surface area contributed by atoms with E-state index in [1.807, 2.05) is 31.2 Å². The molecule has 0 spiro atoms. The number of likely N-dealkylation sites (tertiary alicyclic amines) is 1. The summed E-state index contributed by atoms with van der Waals surface area (Å²) in [6, 6.07) is 16.3. The summed E-state index contributed by atoms with van der Waals surface area (Å²) in [7, 11) is 0. The van der Waals surface area contributed by atoms with Crippen LogP contribution in [0.5, 0.6) is 11.5 Å². The molecule has 142 valence electrons. The summed E-state index contributed by atoms with van der Waals surface area (Å²) in [5.41, 5.74) is 2.07. The number of anilines is 1. The van der Waals surface area contributed by atoms with Crippen molar-refractivity contribution in [3.05, 3.63) is 54.1 Å². The lowest BCUT2D eigenvalue weighted by molar-refractivity contribution is -0.124. The zero-order valence-corrected chi connectivity index (χ0v) is 15.7. The number of hydrogen-bond donors (Lipinski definition) is 1. The lowest BCUT2D eigenvalue weighted by Crippen LogP contribution is -2.56. The molecule has 0 aromatic heterocycles. The van der Waals surface area contributed by atoms with Crippen LogP contribution in [0.3, 0.4) is 0 Å². The van der Waals surface area contributed by atoms with Crippen LogP contribution in [0.25, 0.3) is 0 Å². The van der Waals surface area contributed by atoms with Crippen LogP contribution in [-0.2, 0) is 11.2 Å². The van der Waals surface area contributed by atoms with E-state index in [9.17, 15) is 4.79 Å². The normalized spacial score (nSPS) is 20.3. The number of nitrogens with one attached hydrogen (secondary N) is 1. The molecule has 1 amide bonds. The number of rotatable bonds is 5. The second-order valence-electron chi connectivity index (χ2n) is 7.25. The Morgan fingerprint density at radius 2 is 1.93 bits per heavy atom. The predicted molar refractivity (Wildman–Crippen MR) is 105 cm³/mol. The second kappa shape index (κ2) is 8.01. The molecule has 0 bridgehead atoms. The highest BCUT2D eigenvalue weighted by molar-refractivity contribution is 5.95. The quantitative estimate of drug-likeness (QED) is 0.880. The summed E-state index contributed by atoms with van der Waals surface area (Å²) >= 11 is 0. The number of amides is 1. The van der Waals surface area contributed by atoms with Crippen LogP contribution >= 0.6 is 0 Å². The predicted octanol–water partition coefficient (Wildman–Crippen LogP) is 3.49. The Bertz CT molecular complexity index is 793. The SMILES string of the molecule is CC(C(=O)Nc1ccc2c(c1)OCCCO2)N1CCC1Cc1ccccc1. The maximum Gasteiger partial charge on any atom is 0.241 e.